The highest BCUT2D eigenvalue weighted by molar-refractivity contribution is 5.58. The normalized spacial score (nSPS) is 10.6. The van der Waals surface area contributed by atoms with Crippen LogP contribution in [0, 0.1) is 0 Å². The first-order valence-electron chi connectivity index (χ1n) is 6.49. The lowest BCUT2D eigenvalue weighted by Gasteiger charge is -2.15. The van der Waals surface area contributed by atoms with Crippen molar-refractivity contribution in [2.75, 3.05) is 26.5 Å². The lowest BCUT2D eigenvalue weighted by molar-refractivity contribution is 0.400. The van der Waals surface area contributed by atoms with Gasteiger partial charge in [0.15, 0.2) is 0 Å². The quantitative estimate of drug-likeness (QED) is 0.873. The van der Waals surface area contributed by atoms with Gasteiger partial charge >= 0.3 is 0 Å². The van der Waals surface area contributed by atoms with Gasteiger partial charge in [0.1, 0.15) is 12.1 Å². The number of hydrogen-bond donors (Lipinski definition) is 1. The summed E-state index contributed by atoms with van der Waals surface area (Å²) in [7, 11) is 5.78. The van der Waals surface area contributed by atoms with E-state index in [2.05, 4.69) is 46.4 Å². The number of rotatable bonds is 6. The van der Waals surface area contributed by atoms with Crippen LogP contribution in [0.15, 0.2) is 36.8 Å². The average molecular weight is 272 g/mol. The highest BCUT2D eigenvalue weighted by Crippen LogP contribution is 2.26. The van der Waals surface area contributed by atoms with Crippen molar-refractivity contribution in [2.24, 2.45) is 0 Å². The molecule has 1 heterocycles. The molecule has 0 fully saturated rings. The SMILES string of the molecule is COc1ccc(CN(C)C)cc1NCc1ccncn1. The standard InChI is InChI=1S/C15H20N4O/c1-19(2)10-12-4-5-15(20-3)14(8-12)17-9-13-6-7-16-11-18-13/h4-8,11,17H,9-10H2,1-3H3. The number of hydrogen-bond acceptors (Lipinski definition) is 5. The Morgan fingerprint density at radius 2 is 2.10 bits per heavy atom. The first kappa shape index (κ1) is 14.3. The largest absolute Gasteiger partial charge is 0.495 e. The number of benzene rings is 1. The predicted molar refractivity (Wildman–Crippen MR) is 79.7 cm³/mol. The second-order valence-electron chi connectivity index (χ2n) is 4.83. The zero-order chi connectivity index (χ0) is 14.4. The van der Waals surface area contributed by atoms with E-state index in [0.717, 1.165) is 23.7 Å². The van der Waals surface area contributed by atoms with E-state index in [1.54, 1.807) is 19.6 Å². The van der Waals surface area contributed by atoms with Crippen LogP contribution in [0.1, 0.15) is 11.3 Å². The maximum absolute atomic E-state index is 5.38. The van der Waals surface area contributed by atoms with Gasteiger partial charge in [-0.2, -0.15) is 0 Å². The highest BCUT2D eigenvalue weighted by Gasteiger charge is 2.05. The molecule has 0 amide bonds. The van der Waals surface area contributed by atoms with Gasteiger partial charge in [-0.1, -0.05) is 6.07 Å². The van der Waals surface area contributed by atoms with Gasteiger partial charge in [-0.15, -0.1) is 0 Å². The Balaban J connectivity index is 2.12. The molecule has 1 aromatic heterocycles. The summed E-state index contributed by atoms with van der Waals surface area (Å²) in [5.41, 5.74) is 3.16. The molecule has 0 saturated carbocycles. The predicted octanol–water partition coefficient (Wildman–Crippen LogP) is 2.16. The van der Waals surface area contributed by atoms with Gasteiger partial charge in [0.25, 0.3) is 0 Å². The number of aromatic nitrogens is 2. The topological polar surface area (TPSA) is 50.3 Å². The van der Waals surface area contributed by atoms with Gasteiger partial charge < -0.3 is 15.0 Å². The molecule has 0 aliphatic carbocycles. The minimum absolute atomic E-state index is 0.643. The van der Waals surface area contributed by atoms with Crippen LogP contribution in [0.25, 0.3) is 0 Å². The molecule has 0 bridgehead atoms. The monoisotopic (exact) mass is 272 g/mol. The van der Waals surface area contributed by atoms with Crippen LogP contribution in [0.2, 0.25) is 0 Å². The van der Waals surface area contributed by atoms with Gasteiger partial charge in [-0.3, -0.25) is 0 Å². The van der Waals surface area contributed by atoms with Crippen molar-refractivity contribution in [3.8, 4) is 5.75 Å². The average Bonchev–Trinajstić information content (AvgIpc) is 2.46. The van der Waals surface area contributed by atoms with Crippen LogP contribution in [0.3, 0.4) is 0 Å². The summed E-state index contributed by atoms with van der Waals surface area (Å²) < 4.78 is 5.38. The summed E-state index contributed by atoms with van der Waals surface area (Å²) in [6, 6.07) is 8.07. The van der Waals surface area contributed by atoms with Crippen molar-refractivity contribution in [1.29, 1.82) is 0 Å². The number of methoxy groups -OCH3 is 1. The third-order valence-corrected chi connectivity index (χ3v) is 2.87. The Kier molecular flexibility index (Phi) is 4.90. The van der Waals surface area contributed by atoms with Gasteiger partial charge in [-0.25, -0.2) is 9.97 Å². The molecular weight excluding hydrogens is 252 g/mol. The Labute approximate surface area is 119 Å². The second kappa shape index (κ2) is 6.86. The van der Waals surface area contributed by atoms with E-state index in [1.165, 1.54) is 5.56 Å². The molecule has 20 heavy (non-hydrogen) atoms. The highest BCUT2D eigenvalue weighted by atomic mass is 16.5. The van der Waals surface area contributed by atoms with E-state index in [0.29, 0.717) is 6.54 Å². The van der Waals surface area contributed by atoms with Crippen LogP contribution >= 0.6 is 0 Å². The van der Waals surface area contributed by atoms with Crippen molar-refractivity contribution in [3.63, 3.8) is 0 Å². The molecule has 2 rings (SSSR count). The van der Waals surface area contributed by atoms with Crippen molar-refractivity contribution in [2.45, 2.75) is 13.1 Å². The minimum atomic E-state index is 0.643. The van der Waals surface area contributed by atoms with E-state index >= 15 is 0 Å². The summed E-state index contributed by atoms with van der Waals surface area (Å²) >= 11 is 0. The molecular formula is C15H20N4O. The minimum Gasteiger partial charge on any atom is -0.495 e. The fourth-order valence-corrected chi connectivity index (χ4v) is 1.97. The first-order valence-corrected chi connectivity index (χ1v) is 6.49. The molecule has 0 aliphatic heterocycles. The summed E-state index contributed by atoms with van der Waals surface area (Å²) in [6.07, 6.45) is 3.29. The van der Waals surface area contributed by atoms with Gasteiger partial charge in [-0.05, 0) is 37.9 Å². The van der Waals surface area contributed by atoms with E-state index in [1.807, 2.05) is 12.1 Å². The number of nitrogens with zero attached hydrogens (tertiary/aromatic N) is 3. The molecule has 1 aromatic carbocycles. The Hall–Kier alpha value is -2.14. The zero-order valence-electron chi connectivity index (χ0n) is 12.1. The Morgan fingerprint density at radius 3 is 2.75 bits per heavy atom. The molecule has 5 nitrogen and oxygen atoms in total. The summed E-state index contributed by atoms with van der Waals surface area (Å²) in [4.78, 5) is 10.2. The molecule has 0 unspecified atom stereocenters. The molecule has 106 valence electrons. The lowest BCUT2D eigenvalue weighted by Crippen LogP contribution is -2.11. The van der Waals surface area contributed by atoms with Gasteiger partial charge in [0.2, 0.25) is 0 Å². The Morgan fingerprint density at radius 1 is 1.25 bits per heavy atom. The smallest absolute Gasteiger partial charge is 0.141 e. The van der Waals surface area contributed by atoms with Gasteiger partial charge in [0, 0.05) is 12.7 Å². The van der Waals surface area contributed by atoms with Crippen LogP contribution in [-0.2, 0) is 13.1 Å². The van der Waals surface area contributed by atoms with Crippen LogP contribution in [0.5, 0.6) is 5.75 Å². The zero-order valence-corrected chi connectivity index (χ0v) is 12.1. The molecule has 1 N–H and O–H groups in total. The molecule has 5 heteroatoms. The van der Waals surface area contributed by atoms with Crippen molar-refractivity contribution in [1.82, 2.24) is 14.9 Å². The maximum Gasteiger partial charge on any atom is 0.141 e. The Bertz CT molecular complexity index is 543. The van der Waals surface area contributed by atoms with Crippen molar-refractivity contribution >= 4 is 5.69 Å². The van der Waals surface area contributed by atoms with Gasteiger partial charge in [0.05, 0.1) is 25.0 Å². The third-order valence-electron chi connectivity index (χ3n) is 2.87. The van der Waals surface area contributed by atoms with Crippen LogP contribution in [-0.4, -0.2) is 36.1 Å². The van der Waals surface area contributed by atoms with Crippen molar-refractivity contribution in [3.05, 3.63) is 48.0 Å². The van der Waals surface area contributed by atoms with E-state index in [4.69, 9.17) is 4.74 Å². The third kappa shape index (κ3) is 3.93. The number of nitrogens with one attached hydrogen (secondary N) is 1. The van der Waals surface area contributed by atoms with Crippen molar-refractivity contribution < 1.29 is 4.74 Å². The summed E-state index contributed by atoms with van der Waals surface area (Å²) in [6.45, 7) is 1.54. The first-order chi connectivity index (χ1) is 9.69. The van der Waals surface area contributed by atoms with E-state index < -0.39 is 0 Å². The fraction of sp³-hybridized carbons (Fsp3) is 0.333. The fourth-order valence-electron chi connectivity index (χ4n) is 1.97. The van der Waals surface area contributed by atoms with Crippen LogP contribution in [0.4, 0.5) is 5.69 Å². The summed E-state index contributed by atoms with van der Waals surface area (Å²) in [5, 5.41) is 3.36. The molecule has 0 atom stereocenters. The number of anilines is 1. The molecule has 0 radical (unpaired) electrons. The molecule has 2 aromatic rings. The van der Waals surface area contributed by atoms with Crippen LogP contribution < -0.4 is 10.1 Å². The maximum atomic E-state index is 5.38. The van der Waals surface area contributed by atoms with E-state index in [-0.39, 0.29) is 0 Å². The second-order valence-corrected chi connectivity index (χ2v) is 4.83. The number of ether oxygens (including phenoxy) is 1. The summed E-state index contributed by atoms with van der Waals surface area (Å²) in [5.74, 6) is 0.835. The molecule has 0 spiro atoms. The lowest BCUT2D eigenvalue weighted by atomic mass is 10.1. The molecule has 0 saturated heterocycles. The van der Waals surface area contributed by atoms with E-state index in [9.17, 15) is 0 Å². The molecule has 0 aliphatic rings.